The molecule has 0 radical (unpaired) electrons. The Morgan fingerprint density at radius 1 is 1.30 bits per heavy atom. The third-order valence-electron chi connectivity index (χ3n) is 2.59. The Morgan fingerprint density at radius 2 is 2.10 bits per heavy atom. The minimum atomic E-state index is -0.513. The summed E-state index contributed by atoms with van der Waals surface area (Å²) >= 11 is 0. The molecule has 0 spiro atoms. The molecule has 2 heterocycles. The van der Waals surface area contributed by atoms with Gasteiger partial charge in [0.15, 0.2) is 5.65 Å². The van der Waals surface area contributed by atoms with Gasteiger partial charge in [0.25, 0.3) is 0 Å². The molecule has 0 unspecified atom stereocenters. The summed E-state index contributed by atoms with van der Waals surface area (Å²) < 4.78 is 12.7. The number of nitrogens with zero attached hydrogens (tertiary/aromatic N) is 3. The van der Waals surface area contributed by atoms with E-state index in [0.29, 0.717) is 16.9 Å². The average molecular weight is 272 g/mol. The van der Waals surface area contributed by atoms with Gasteiger partial charge in [-0.15, -0.1) is 0 Å². The van der Waals surface area contributed by atoms with Gasteiger partial charge in [0.05, 0.1) is 17.8 Å². The summed E-state index contributed by atoms with van der Waals surface area (Å²) in [5, 5.41) is 11.0. The first-order chi connectivity index (χ1) is 9.72. The largest absolute Gasteiger partial charge is 0.348 e. The number of H-pyrrole nitrogens is 2. The van der Waals surface area contributed by atoms with Gasteiger partial charge in [-0.3, -0.25) is 15.5 Å². The number of benzene rings is 1. The van der Waals surface area contributed by atoms with Gasteiger partial charge in [-0.25, -0.2) is 9.18 Å². The van der Waals surface area contributed by atoms with Gasteiger partial charge < -0.3 is 0 Å². The number of aromatic amines is 2. The lowest BCUT2D eigenvalue weighted by atomic mass is 10.2. The van der Waals surface area contributed by atoms with E-state index in [4.69, 9.17) is 0 Å². The second-order valence-corrected chi connectivity index (χ2v) is 3.97. The third kappa shape index (κ3) is 2.39. The molecular formula is C12H9FN6O. The third-order valence-corrected chi connectivity index (χ3v) is 2.59. The fourth-order valence-electron chi connectivity index (χ4n) is 1.66. The van der Waals surface area contributed by atoms with Crippen LogP contribution in [0.2, 0.25) is 0 Å². The SMILES string of the molecule is O=c1nc2[nH]ncc2c(NN=Cc2ccc(F)cc2)[nH]1. The summed E-state index contributed by atoms with van der Waals surface area (Å²) in [6, 6.07) is 5.85. The molecule has 0 aliphatic heterocycles. The number of hydrogen-bond donors (Lipinski definition) is 3. The molecule has 0 saturated carbocycles. The van der Waals surface area contributed by atoms with E-state index < -0.39 is 5.69 Å². The molecule has 0 aliphatic rings. The number of rotatable bonds is 3. The van der Waals surface area contributed by atoms with Crippen molar-refractivity contribution < 1.29 is 4.39 Å². The van der Waals surface area contributed by atoms with Crippen LogP contribution in [0.25, 0.3) is 11.0 Å². The lowest BCUT2D eigenvalue weighted by Gasteiger charge is -2.00. The van der Waals surface area contributed by atoms with Crippen molar-refractivity contribution >= 4 is 23.1 Å². The van der Waals surface area contributed by atoms with Crippen molar-refractivity contribution in [2.45, 2.75) is 0 Å². The van der Waals surface area contributed by atoms with E-state index >= 15 is 0 Å². The molecule has 2 aromatic heterocycles. The minimum absolute atomic E-state index is 0.311. The molecule has 0 atom stereocenters. The van der Waals surface area contributed by atoms with Crippen molar-refractivity contribution in [1.29, 1.82) is 0 Å². The first kappa shape index (κ1) is 12.0. The Balaban J connectivity index is 1.84. The Hall–Kier alpha value is -3.03. The van der Waals surface area contributed by atoms with Crippen LogP contribution in [0.1, 0.15) is 5.56 Å². The molecule has 3 aromatic rings. The molecule has 1 aromatic carbocycles. The van der Waals surface area contributed by atoms with Crippen molar-refractivity contribution in [3.05, 3.63) is 52.3 Å². The maximum atomic E-state index is 12.7. The monoisotopic (exact) mass is 272 g/mol. The Labute approximate surface area is 111 Å². The maximum absolute atomic E-state index is 12.7. The molecule has 3 N–H and O–H groups in total. The summed E-state index contributed by atoms with van der Waals surface area (Å²) in [6.45, 7) is 0. The zero-order valence-corrected chi connectivity index (χ0v) is 10.1. The fourth-order valence-corrected chi connectivity index (χ4v) is 1.66. The molecule has 0 amide bonds. The molecule has 3 rings (SSSR count). The van der Waals surface area contributed by atoms with E-state index in [1.54, 1.807) is 12.1 Å². The van der Waals surface area contributed by atoms with E-state index in [0.717, 1.165) is 5.56 Å². The van der Waals surface area contributed by atoms with Crippen LogP contribution in [0.15, 0.2) is 40.4 Å². The van der Waals surface area contributed by atoms with Gasteiger partial charge in [0.1, 0.15) is 11.6 Å². The van der Waals surface area contributed by atoms with E-state index in [-0.39, 0.29) is 5.82 Å². The second kappa shape index (κ2) is 4.92. The molecule has 0 saturated heterocycles. The predicted octanol–water partition coefficient (Wildman–Crippen LogP) is 1.23. The van der Waals surface area contributed by atoms with Crippen molar-refractivity contribution in [3.8, 4) is 0 Å². The van der Waals surface area contributed by atoms with Gasteiger partial charge in [-0.1, -0.05) is 12.1 Å². The number of aromatic nitrogens is 4. The number of hydrazone groups is 1. The number of hydrogen-bond acceptors (Lipinski definition) is 5. The molecule has 0 aliphatic carbocycles. The Kier molecular flexibility index (Phi) is 2.96. The topological polar surface area (TPSA) is 98.8 Å². The van der Waals surface area contributed by atoms with Crippen LogP contribution in [-0.4, -0.2) is 26.4 Å². The average Bonchev–Trinajstić information content (AvgIpc) is 2.89. The van der Waals surface area contributed by atoms with E-state index in [1.807, 2.05) is 0 Å². The summed E-state index contributed by atoms with van der Waals surface area (Å²) in [5.74, 6) is 0.0702. The molecule has 7 nitrogen and oxygen atoms in total. The molecular weight excluding hydrogens is 263 g/mol. The molecule has 0 bridgehead atoms. The standard InChI is InChI=1S/C12H9FN6O/c13-8-3-1-7(2-4-8)5-14-18-10-9-6-15-19-11(9)17-12(20)16-10/h1-6H,(H3,15,16,17,18,19,20). The Bertz CT molecular complexity index is 820. The number of anilines is 1. The maximum Gasteiger partial charge on any atom is 0.348 e. The van der Waals surface area contributed by atoms with Crippen LogP contribution >= 0.6 is 0 Å². The summed E-state index contributed by atoms with van der Waals surface area (Å²) in [5.41, 5.74) is 3.27. The summed E-state index contributed by atoms with van der Waals surface area (Å²) in [4.78, 5) is 17.6. The van der Waals surface area contributed by atoms with Gasteiger partial charge in [-0.2, -0.15) is 15.2 Å². The normalized spacial score (nSPS) is 11.2. The predicted molar refractivity (Wildman–Crippen MR) is 72.1 cm³/mol. The highest BCUT2D eigenvalue weighted by atomic mass is 19.1. The minimum Gasteiger partial charge on any atom is -0.290 e. The molecule has 0 fully saturated rings. The van der Waals surface area contributed by atoms with Gasteiger partial charge in [0.2, 0.25) is 0 Å². The van der Waals surface area contributed by atoms with Crippen LogP contribution in [-0.2, 0) is 0 Å². The van der Waals surface area contributed by atoms with Crippen molar-refractivity contribution in [2.75, 3.05) is 5.43 Å². The van der Waals surface area contributed by atoms with Gasteiger partial charge in [-0.05, 0) is 17.7 Å². The molecule has 8 heteroatoms. The van der Waals surface area contributed by atoms with Crippen LogP contribution in [0, 0.1) is 5.82 Å². The van der Waals surface area contributed by atoms with Crippen LogP contribution < -0.4 is 11.1 Å². The Morgan fingerprint density at radius 3 is 2.90 bits per heavy atom. The van der Waals surface area contributed by atoms with Crippen molar-refractivity contribution in [2.24, 2.45) is 5.10 Å². The van der Waals surface area contributed by atoms with Gasteiger partial charge >= 0.3 is 5.69 Å². The fraction of sp³-hybridized carbons (Fsp3) is 0. The van der Waals surface area contributed by atoms with Crippen molar-refractivity contribution in [1.82, 2.24) is 20.2 Å². The lowest BCUT2D eigenvalue weighted by Crippen LogP contribution is -2.12. The molecule has 20 heavy (non-hydrogen) atoms. The number of fused-ring (bicyclic) bond motifs is 1. The highest BCUT2D eigenvalue weighted by Crippen LogP contribution is 2.14. The highest BCUT2D eigenvalue weighted by molar-refractivity contribution is 5.86. The van der Waals surface area contributed by atoms with E-state index in [2.05, 4.69) is 30.7 Å². The lowest BCUT2D eigenvalue weighted by molar-refractivity contribution is 0.628. The van der Waals surface area contributed by atoms with Gasteiger partial charge in [0, 0.05) is 0 Å². The first-order valence-corrected chi connectivity index (χ1v) is 5.70. The highest BCUT2D eigenvalue weighted by Gasteiger charge is 2.05. The quantitative estimate of drug-likeness (QED) is 0.493. The summed E-state index contributed by atoms with van der Waals surface area (Å²) in [6.07, 6.45) is 3.03. The van der Waals surface area contributed by atoms with E-state index in [9.17, 15) is 9.18 Å². The van der Waals surface area contributed by atoms with Crippen LogP contribution in [0.4, 0.5) is 10.2 Å². The zero-order chi connectivity index (χ0) is 13.9. The molecule has 100 valence electrons. The van der Waals surface area contributed by atoms with Crippen LogP contribution in [0.5, 0.6) is 0 Å². The van der Waals surface area contributed by atoms with E-state index in [1.165, 1.54) is 24.5 Å². The van der Waals surface area contributed by atoms with Crippen molar-refractivity contribution in [3.63, 3.8) is 0 Å². The smallest absolute Gasteiger partial charge is 0.290 e. The summed E-state index contributed by atoms with van der Waals surface area (Å²) in [7, 11) is 0. The van der Waals surface area contributed by atoms with Crippen LogP contribution in [0.3, 0.4) is 0 Å². The number of nitrogens with one attached hydrogen (secondary N) is 3. The first-order valence-electron chi connectivity index (χ1n) is 5.70. The zero-order valence-electron chi connectivity index (χ0n) is 10.1. The number of halogens is 1. The second-order valence-electron chi connectivity index (χ2n) is 3.97.